The average molecular weight is 463 g/mol. The zero-order chi connectivity index (χ0) is 21.9. The van der Waals surface area contributed by atoms with Crippen LogP contribution in [0.2, 0.25) is 0 Å². The summed E-state index contributed by atoms with van der Waals surface area (Å²) in [4.78, 5) is 21.3. The smallest absolute Gasteiger partial charge is 0.236 e. The number of anilines is 1. The van der Waals surface area contributed by atoms with Crippen molar-refractivity contribution in [1.82, 2.24) is 24.7 Å². The van der Waals surface area contributed by atoms with Gasteiger partial charge in [0, 0.05) is 34.9 Å². The minimum absolute atomic E-state index is 0.106. The van der Waals surface area contributed by atoms with Gasteiger partial charge in [0.15, 0.2) is 16.1 Å². The fourth-order valence-electron chi connectivity index (χ4n) is 3.39. The van der Waals surface area contributed by atoms with Gasteiger partial charge in [-0.15, -0.1) is 21.5 Å². The van der Waals surface area contributed by atoms with Crippen molar-refractivity contribution in [2.24, 2.45) is 0 Å². The highest BCUT2D eigenvalue weighted by Gasteiger charge is 2.30. The Morgan fingerprint density at radius 1 is 1.19 bits per heavy atom. The lowest BCUT2D eigenvalue weighted by Crippen LogP contribution is -2.14. The van der Waals surface area contributed by atoms with E-state index >= 15 is 0 Å². The maximum absolute atomic E-state index is 12.6. The normalized spacial score (nSPS) is 13.3. The van der Waals surface area contributed by atoms with E-state index in [9.17, 15) is 4.79 Å². The number of pyridine rings is 1. The molecule has 4 aromatic rings. The number of thiazole rings is 1. The van der Waals surface area contributed by atoms with Crippen molar-refractivity contribution < 1.29 is 4.79 Å². The van der Waals surface area contributed by atoms with E-state index in [1.54, 1.807) is 12.4 Å². The molecule has 1 aliphatic carbocycles. The summed E-state index contributed by atoms with van der Waals surface area (Å²) in [6.07, 6.45) is 6.75. The Bertz CT molecular complexity index is 1220. The minimum Gasteiger partial charge on any atom is -0.301 e. The van der Waals surface area contributed by atoms with Gasteiger partial charge in [0.2, 0.25) is 5.91 Å². The monoisotopic (exact) mass is 462 g/mol. The average Bonchev–Trinajstić information content (AvgIpc) is 3.41. The first-order valence-corrected chi connectivity index (χ1v) is 12.4. The molecule has 0 saturated heterocycles. The van der Waals surface area contributed by atoms with E-state index in [1.807, 2.05) is 17.5 Å². The molecule has 0 spiro atoms. The van der Waals surface area contributed by atoms with Gasteiger partial charge in [0.25, 0.3) is 0 Å². The SMILES string of the molecule is CCc1ccc(-c2csc(NC(=O)CSc3nnc(-c4cccnc4)n3C3CC3)n2)cc1. The molecule has 9 heteroatoms. The summed E-state index contributed by atoms with van der Waals surface area (Å²) in [6.45, 7) is 2.14. The largest absolute Gasteiger partial charge is 0.301 e. The van der Waals surface area contributed by atoms with Gasteiger partial charge >= 0.3 is 0 Å². The van der Waals surface area contributed by atoms with E-state index in [-0.39, 0.29) is 11.7 Å². The van der Waals surface area contributed by atoms with Crippen molar-refractivity contribution >= 4 is 34.1 Å². The fraction of sp³-hybridized carbons (Fsp3) is 0.261. The lowest BCUT2D eigenvalue weighted by Gasteiger charge is -2.08. The van der Waals surface area contributed by atoms with Crippen LogP contribution in [0.15, 0.2) is 59.3 Å². The van der Waals surface area contributed by atoms with E-state index in [0.717, 1.165) is 47.1 Å². The number of rotatable bonds is 8. The number of nitrogens with zero attached hydrogens (tertiary/aromatic N) is 5. The number of nitrogens with one attached hydrogen (secondary N) is 1. The lowest BCUT2D eigenvalue weighted by atomic mass is 10.1. The highest BCUT2D eigenvalue weighted by Crippen LogP contribution is 2.41. The number of carbonyl (C=O) groups excluding carboxylic acids is 1. The molecular formula is C23H22N6OS2. The Morgan fingerprint density at radius 2 is 2.03 bits per heavy atom. The van der Waals surface area contributed by atoms with Gasteiger partial charge < -0.3 is 5.32 Å². The van der Waals surface area contributed by atoms with E-state index in [4.69, 9.17) is 0 Å². The topological polar surface area (TPSA) is 85.6 Å². The van der Waals surface area contributed by atoms with Crippen molar-refractivity contribution in [3.8, 4) is 22.6 Å². The first-order chi connectivity index (χ1) is 15.7. The molecule has 5 rings (SSSR count). The standard InChI is InChI=1S/C23H22N6OS2/c1-2-15-5-7-16(8-6-15)19-13-31-22(25-19)26-20(30)14-32-23-28-27-21(29(23)18-9-10-18)17-4-3-11-24-12-17/h3-8,11-13,18H,2,9-10,14H2,1H3,(H,25,26,30). The molecule has 1 fully saturated rings. The summed E-state index contributed by atoms with van der Waals surface area (Å²) >= 11 is 2.83. The number of thioether (sulfide) groups is 1. The van der Waals surface area contributed by atoms with Crippen LogP contribution in [0.1, 0.15) is 31.4 Å². The molecule has 3 aromatic heterocycles. The zero-order valence-electron chi connectivity index (χ0n) is 17.6. The van der Waals surface area contributed by atoms with Crippen molar-refractivity contribution in [2.75, 3.05) is 11.1 Å². The molecule has 1 N–H and O–H groups in total. The third kappa shape index (κ3) is 4.58. The maximum Gasteiger partial charge on any atom is 0.236 e. The number of benzene rings is 1. The first kappa shape index (κ1) is 20.8. The highest BCUT2D eigenvalue weighted by atomic mass is 32.2. The van der Waals surface area contributed by atoms with Gasteiger partial charge in [-0.05, 0) is 37.0 Å². The molecule has 0 radical (unpaired) electrons. The number of carbonyl (C=O) groups is 1. The van der Waals surface area contributed by atoms with Crippen LogP contribution in [-0.4, -0.2) is 36.4 Å². The molecule has 0 atom stereocenters. The van der Waals surface area contributed by atoms with Crippen molar-refractivity contribution in [3.05, 3.63) is 59.7 Å². The van der Waals surface area contributed by atoms with Crippen LogP contribution in [0.3, 0.4) is 0 Å². The molecule has 162 valence electrons. The van der Waals surface area contributed by atoms with Crippen molar-refractivity contribution in [3.63, 3.8) is 0 Å². The minimum atomic E-state index is -0.106. The molecule has 0 bridgehead atoms. The van der Waals surface area contributed by atoms with E-state index in [1.165, 1.54) is 28.7 Å². The Balaban J connectivity index is 1.23. The van der Waals surface area contributed by atoms with Gasteiger partial charge in [0.1, 0.15) is 0 Å². The summed E-state index contributed by atoms with van der Waals surface area (Å²) in [7, 11) is 0. The Morgan fingerprint density at radius 3 is 2.75 bits per heavy atom. The summed E-state index contributed by atoms with van der Waals surface area (Å²) < 4.78 is 2.14. The Kier molecular flexibility index (Phi) is 6.00. The van der Waals surface area contributed by atoms with E-state index in [2.05, 4.69) is 61.2 Å². The molecule has 3 heterocycles. The molecule has 0 aliphatic heterocycles. The molecule has 7 nitrogen and oxygen atoms in total. The van der Waals surface area contributed by atoms with Crippen LogP contribution in [-0.2, 0) is 11.2 Å². The maximum atomic E-state index is 12.6. The predicted octanol–water partition coefficient (Wildman–Crippen LogP) is 5.09. The summed E-state index contributed by atoms with van der Waals surface area (Å²) in [5.74, 6) is 0.950. The Hall–Kier alpha value is -3.04. The first-order valence-electron chi connectivity index (χ1n) is 10.5. The molecule has 1 aromatic carbocycles. The second-order valence-electron chi connectivity index (χ2n) is 7.57. The number of aromatic nitrogens is 5. The molecule has 1 saturated carbocycles. The van der Waals surface area contributed by atoms with Gasteiger partial charge in [0.05, 0.1) is 11.4 Å². The van der Waals surface area contributed by atoms with Gasteiger partial charge in [-0.3, -0.25) is 14.3 Å². The third-order valence-corrected chi connectivity index (χ3v) is 6.94. The highest BCUT2D eigenvalue weighted by molar-refractivity contribution is 7.99. The number of hydrogen-bond acceptors (Lipinski definition) is 7. The van der Waals surface area contributed by atoms with Crippen molar-refractivity contribution in [1.29, 1.82) is 0 Å². The van der Waals surface area contributed by atoms with Gasteiger partial charge in [-0.2, -0.15) is 0 Å². The Labute approximate surface area is 194 Å². The summed E-state index contributed by atoms with van der Waals surface area (Å²) in [6, 6.07) is 12.6. The molecule has 1 amide bonds. The molecular weight excluding hydrogens is 440 g/mol. The van der Waals surface area contributed by atoms with Crippen LogP contribution >= 0.6 is 23.1 Å². The van der Waals surface area contributed by atoms with Crippen LogP contribution in [0.5, 0.6) is 0 Å². The van der Waals surface area contributed by atoms with Gasteiger partial charge in [-0.1, -0.05) is 43.0 Å². The van der Waals surface area contributed by atoms with Crippen LogP contribution in [0.4, 0.5) is 5.13 Å². The summed E-state index contributed by atoms with van der Waals surface area (Å²) in [5, 5.41) is 15.0. The fourth-order valence-corrected chi connectivity index (χ4v) is 4.93. The number of amides is 1. The summed E-state index contributed by atoms with van der Waals surface area (Å²) in [5.41, 5.74) is 4.15. The second kappa shape index (κ2) is 9.22. The van der Waals surface area contributed by atoms with Gasteiger partial charge in [-0.25, -0.2) is 4.98 Å². The quantitative estimate of drug-likeness (QED) is 0.367. The zero-order valence-corrected chi connectivity index (χ0v) is 19.2. The second-order valence-corrected chi connectivity index (χ2v) is 9.37. The van der Waals surface area contributed by atoms with E-state index < -0.39 is 0 Å². The molecule has 1 aliphatic rings. The lowest BCUT2D eigenvalue weighted by molar-refractivity contribution is -0.113. The van der Waals surface area contributed by atoms with Crippen LogP contribution in [0, 0.1) is 0 Å². The third-order valence-electron chi connectivity index (χ3n) is 5.24. The number of hydrogen-bond donors (Lipinski definition) is 1. The molecule has 0 unspecified atom stereocenters. The van der Waals surface area contributed by atoms with E-state index in [0.29, 0.717) is 11.2 Å². The van der Waals surface area contributed by atoms with Crippen LogP contribution in [0.25, 0.3) is 22.6 Å². The van der Waals surface area contributed by atoms with Crippen LogP contribution < -0.4 is 5.32 Å². The van der Waals surface area contributed by atoms with Crippen molar-refractivity contribution in [2.45, 2.75) is 37.4 Å². The number of aryl methyl sites for hydroxylation is 1. The predicted molar refractivity (Wildman–Crippen MR) is 128 cm³/mol. The molecule has 32 heavy (non-hydrogen) atoms.